The Kier molecular flexibility index (Phi) is 4.19. The number of nitrogens with one attached hydrogen (secondary N) is 1. The van der Waals surface area contributed by atoms with Crippen molar-refractivity contribution in [3.8, 4) is 0 Å². The highest BCUT2D eigenvalue weighted by molar-refractivity contribution is 5.87. The third kappa shape index (κ3) is 3.05. The van der Waals surface area contributed by atoms with Crippen LogP contribution >= 0.6 is 0 Å². The maximum atomic E-state index is 13.9. The van der Waals surface area contributed by atoms with Crippen molar-refractivity contribution in [2.45, 2.75) is 19.9 Å². The van der Waals surface area contributed by atoms with Gasteiger partial charge in [0.05, 0.1) is 23.5 Å². The lowest BCUT2D eigenvalue weighted by atomic mass is 10.2. The summed E-state index contributed by atoms with van der Waals surface area (Å²) in [7, 11) is 0. The fourth-order valence-electron chi connectivity index (χ4n) is 1.66. The minimum atomic E-state index is -1.03. The molecule has 2 aromatic heterocycles. The molecule has 2 N–H and O–H groups in total. The number of rotatable bonds is 5. The van der Waals surface area contributed by atoms with Crippen LogP contribution in [0.15, 0.2) is 24.7 Å². The first kappa shape index (κ1) is 13.9. The van der Waals surface area contributed by atoms with Crippen molar-refractivity contribution in [1.82, 2.24) is 15.0 Å². The monoisotopic (exact) mass is 276 g/mol. The molecule has 0 aliphatic carbocycles. The van der Waals surface area contributed by atoms with Crippen LogP contribution in [0.25, 0.3) is 0 Å². The number of anilines is 1. The molecule has 2 heterocycles. The van der Waals surface area contributed by atoms with Crippen LogP contribution in [0.3, 0.4) is 0 Å². The maximum absolute atomic E-state index is 13.9. The first-order valence-corrected chi connectivity index (χ1v) is 6.03. The smallest absolute Gasteiger partial charge is 0.335 e. The summed E-state index contributed by atoms with van der Waals surface area (Å²) in [6, 6.07) is 2.82. The van der Waals surface area contributed by atoms with E-state index in [1.165, 1.54) is 24.7 Å². The zero-order valence-corrected chi connectivity index (χ0v) is 10.8. The van der Waals surface area contributed by atoms with Crippen molar-refractivity contribution in [2.75, 3.05) is 5.32 Å². The van der Waals surface area contributed by atoms with Gasteiger partial charge >= 0.3 is 5.97 Å². The van der Waals surface area contributed by atoms with Gasteiger partial charge < -0.3 is 10.4 Å². The predicted octanol–water partition coefficient (Wildman–Crippen LogP) is 1.88. The molecule has 2 aromatic rings. The van der Waals surface area contributed by atoms with Crippen LogP contribution in [0, 0.1) is 5.82 Å². The summed E-state index contributed by atoms with van der Waals surface area (Å²) in [6.07, 6.45) is 3.15. The molecule has 7 heteroatoms. The molecule has 2 rings (SSSR count). The third-order valence-electron chi connectivity index (χ3n) is 2.70. The fourth-order valence-corrected chi connectivity index (χ4v) is 1.66. The Bertz CT molecular complexity index is 634. The van der Waals surface area contributed by atoms with Gasteiger partial charge in [-0.25, -0.2) is 19.2 Å². The number of hydrogen-bond acceptors (Lipinski definition) is 5. The Morgan fingerprint density at radius 1 is 1.40 bits per heavy atom. The second-order valence-electron chi connectivity index (χ2n) is 4.03. The van der Waals surface area contributed by atoms with Crippen LogP contribution < -0.4 is 5.32 Å². The van der Waals surface area contributed by atoms with E-state index in [1.54, 1.807) is 6.92 Å². The number of nitrogens with zero attached hydrogens (tertiary/aromatic N) is 3. The number of aromatic nitrogens is 3. The molecule has 0 saturated carbocycles. The van der Waals surface area contributed by atoms with Crippen molar-refractivity contribution in [2.24, 2.45) is 0 Å². The summed E-state index contributed by atoms with van der Waals surface area (Å²) in [5.74, 6) is -1.45. The number of aromatic carboxylic acids is 1. The zero-order chi connectivity index (χ0) is 14.5. The molecule has 0 fully saturated rings. The Balaban J connectivity index is 2.13. The van der Waals surface area contributed by atoms with Crippen LogP contribution in [-0.2, 0) is 13.0 Å². The van der Waals surface area contributed by atoms with Crippen molar-refractivity contribution in [3.63, 3.8) is 0 Å². The summed E-state index contributed by atoms with van der Waals surface area (Å²) in [5.41, 5.74) is 0.949. The van der Waals surface area contributed by atoms with Gasteiger partial charge in [0.1, 0.15) is 6.33 Å². The van der Waals surface area contributed by atoms with E-state index in [0.717, 1.165) is 0 Å². The molecule has 0 bridgehead atoms. The molecule has 0 radical (unpaired) electrons. The van der Waals surface area contributed by atoms with Crippen molar-refractivity contribution in [3.05, 3.63) is 47.4 Å². The van der Waals surface area contributed by atoms with Gasteiger partial charge in [-0.05, 0) is 18.6 Å². The topological polar surface area (TPSA) is 88.0 Å². The highest BCUT2D eigenvalue weighted by atomic mass is 19.1. The molecule has 0 unspecified atom stereocenters. The van der Waals surface area contributed by atoms with Gasteiger partial charge in [0.25, 0.3) is 0 Å². The molecule has 0 atom stereocenters. The summed E-state index contributed by atoms with van der Waals surface area (Å²) in [6.45, 7) is 1.98. The Morgan fingerprint density at radius 2 is 2.20 bits per heavy atom. The van der Waals surface area contributed by atoms with E-state index < -0.39 is 11.8 Å². The van der Waals surface area contributed by atoms with Gasteiger partial charge in [0.15, 0.2) is 11.6 Å². The number of halogens is 1. The molecular weight excluding hydrogens is 263 g/mol. The van der Waals surface area contributed by atoms with Crippen molar-refractivity contribution in [1.29, 1.82) is 0 Å². The van der Waals surface area contributed by atoms with E-state index in [2.05, 4.69) is 20.3 Å². The first-order chi connectivity index (χ1) is 9.61. The molecular formula is C13H13FN4O2. The van der Waals surface area contributed by atoms with Crippen LogP contribution in [0.1, 0.15) is 28.7 Å². The zero-order valence-electron chi connectivity index (χ0n) is 10.8. The van der Waals surface area contributed by atoms with Gasteiger partial charge in [-0.3, -0.25) is 4.98 Å². The lowest BCUT2D eigenvalue weighted by Crippen LogP contribution is -2.08. The molecule has 0 spiro atoms. The molecule has 0 amide bonds. The van der Waals surface area contributed by atoms with E-state index >= 15 is 0 Å². The van der Waals surface area contributed by atoms with Gasteiger partial charge in [-0.2, -0.15) is 0 Å². The number of carbonyl (C=O) groups is 1. The average molecular weight is 276 g/mol. The summed E-state index contributed by atoms with van der Waals surface area (Å²) < 4.78 is 13.9. The molecule has 0 aromatic carbocycles. The minimum Gasteiger partial charge on any atom is -0.478 e. The van der Waals surface area contributed by atoms with Gasteiger partial charge in [0, 0.05) is 6.20 Å². The first-order valence-electron chi connectivity index (χ1n) is 6.03. The number of pyridine rings is 1. The van der Waals surface area contributed by atoms with Gasteiger partial charge in [-0.15, -0.1) is 0 Å². The second kappa shape index (κ2) is 6.05. The minimum absolute atomic E-state index is 0.0828. The predicted molar refractivity (Wildman–Crippen MR) is 69.9 cm³/mol. The quantitative estimate of drug-likeness (QED) is 0.867. The molecule has 20 heavy (non-hydrogen) atoms. The number of carboxylic acid groups (broad SMARTS) is 1. The van der Waals surface area contributed by atoms with E-state index in [4.69, 9.17) is 5.11 Å². The van der Waals surface area contributed by atoms with E-state index in [9.17, 15) is 9.18 Å². The summed E-state index contributed by atoms with van der Waals surface area (Å²) in [4.78, 5) is 22.5. The van der Waals surface area contributed by atoms with Crippen LogP contribution in [-0.4, -0.2) is 26.0 Å². The number of hydrogen-bond donors (Lipinski definition) is 2. The van der Waals surface area contributed by atoms with Crippen molar-refractivity contribution < 1.29 is 14.3 Å². The SMILES string of the molecule is CCc1ncnc(NCc2cc(C(=O)O)ccn2)c1F. The van der Waals surface area contributed by atoms with Gasteiger partial charge in [-0.1, -0.05) is 6.92 Å². The number of carboxylic acids is 1. The Labute approximate surface area is 114 Å². The largest absolute Gasteiger partial charge is 0.478 e. The molecule has 0 saturated heterocycles. The third-order valence-corrected chi connectivity index (χ3v) is 2.70. The standard InChI is InChI=1S/C13H13FN4O2/c1-2-10-11(14)12(18-7-17-10)16-6-9-5-8(13(19)20)3-4-15-9/h3-5,7H,2,6H2,1H3,(H,19,20)(H,16,17,18). The molecule has 6 nitrogen and oxygen atoms in total. The molecule has 0 aliphatic heterocycles. The lowest BCUT2D eigenvalue weighted by Gasteiger charge is -2.08. The summed E-state index contributed by atoms with van der Waals surface area (Å²) >= 11 is 0. The maximum Gasteiger partial charge on any atom is 0.335 e. The van der Waals surface area contributed by atoms with Crippen LogP contribution in [0.2, 0.25) is 0 Å². The average Bonchev–Trinajstić information content (AvgIpc) is 2.46. The molecule has 104 valence electrons. The van der Waals surface area contributed by atoms with E-state index in [-0.39, 0.29) is 17.9 Å². The Morgan fingerprint density at radius 3 is 2.90 bits per heavy atom. The van der Waals surface area contributed by atoms with Crippen LogP contribution in [0.4, 0.5) is 10.2 Å². The normalized spacial score (nSPS) is 10.3. The number of aryl methyl sites for hydroxylation is 1. The summed E-state index contributed by atoms with van der Waals surface area (Å²) in [5, 5.41) is 11.7. The second-order valence-corrected chi connectivity index (χ2v) is 4.03. The molecule has 0 aliphatic rings. The van der Waals surface area contributed by atoms with Crippen molar-refractivity contribution >= 4 is 11.8 Å². The highest BCUT2D eigenvalue weighted by Gasteiger charge is 2.10. The van der Waals surface area contributed by atoms with E-state index in [0.29, 0.717) is 17.8 Å². The highest BCUT2D eigenvalue weighted by Crippen LogP contribution is 2.14. The van der Waals surface area contributed by atoms with E-state index in [1.807, 2.05) is 0 Å². The lowest BCUT2D eigenvalue weighted by molar-refractivity contribution is 0.0696. The van der Waals surface area contributed by atoms with Crippen LogP contribution in [0.5, 0.6) is 0 Å². The van der Waals surface area contributed by atoms with Gasteiger partial charge in [0.2, 0.25) is 0 Å². The Hall–Kier alpha value is -2.57. The fraction of sp³-hybridized carbons (Fsp3) is 0.231.